The summed E-state index contributed by atoms with van der Waals surface area (Å²) in [7, 11) is 0. The van der Waals surface area contributed by atoms with E-state index in [0.717, 1.165) is 32.2 Å². The van der Waals surface area contributed by atoms with E-state index in [9.17, 15) is 9.59 Å². The Balaban J connectivity index is 1.74. The zero-order valence-electron chi connectivity index (χ0n) is 13.9. The van der Waals surface area contributed by atoms with Crippen molar-refractivity contribution in [2.45, 2.75) is 13.5 Å². The average molecular weight is 500 g/mol. The predicted molar refractivity (Wildman–Crippen MR) is 113 cm³/mol. The maximum atomic E-state index is 12.2. The number of nitrogens with zero attached hydrogens (tertiary/aromatic N) is 1. The number of carbonyl (C=O) groups excluding carboxylic acids is 2. The molecule has 134 valence electrons. The van der Waals surface area contributed by atoms with Crippen LogP contribution in [0.5, 0.6) is 5.75 Å². The van der Waals surface area contributed by atoms with Crippen molar-refractivity contribution in [1.82, 2.24) is 4.90 Å². The van der Waals surface area contributed by atoms with Crippen LogP contribution in [0.1, 0.15) is 18.1 Å². The van der Waals surface area contributed by atoms with E-state index in [1.807, 2.05) is 42.5 Å². The number of carbonyl (C=O) groups is 2. The molecule has 1 saturated heterocycles. The van der Waals surface area contributed by atoms with E-state index in [0.29, 0.717) is 23.1 Å². The molecule has 2 aromatic rings. The van der Waals surface area contributed by atoms with E-state index in [-0.39, 0.29) is 11.1 Å². The Morgan fingerprint density at radius 2 is 2.00 bits per heavy atom. The normalized spacial score (nSPS) is 15.8. The van der Waals surface area contributed by atoms with Crippen molar-refractivity contribution >= 4 is 63.2 Å². The summed E-state index contributed by atoms with van der Waals surface area (Å²) in [6, 6.07) is 13.2. The summed E-state index contributed by atoms with van der Waals surface area (Å²) in [5.41, 5.74) is 1.77. The molecule has 0 unspecified atom stereocenters. The van der Waals surface area contributed by atoms with Gasteiger partial charge in [-0.25, -0.2) is 0 Å². The molecule has 1 aliphatic heterocycles. The van der Waals surface area contributed by atoms with Crippen LogP contribution in [0.25, 0.3) is 6.08 Å². The lowest BCUT2D eigenvalue weighted by atomic mass is 10.2. The first-order valence-corrected chi connectivity index (χ1v) is 10.2. The van der Waals surface area contributed by atoms with Crippen LogP contribution in [-0.2, 0) is 11.4 Å². The molecule has 1 fully saturated rings. The number of imide groups is 1. The first-order valence-electron chi connectivity index (χ1n) is 7.90. The molecule has 2 aromatic carbocycles. The van der Waals surface area contributed by atoms with Crippen LogP contribution in [0, 0.1) is 3.57 Å². The molecule has 0 N–H and O–H groups in total. The van der Waals surface area contributed by atoms with Crippen LogP contribution in [-0.4, -0.2) is 22.6 Å². The maximum Gasteiger partial charge on any atom is 0.293 e. The number of hydrogen-bond donors (Lipinski definition) is 0. The van der Waals surface area contributed by atoms with Gasteiger partial charge in [0.1, 0.15) is 12.4 Å². The van der Waals surface area contributed by atoms with Crippen LogP contribution in [0.2, 0.25) is 5.02 Å². The van der Waals surface area contributed by atoms with Crippen molar-refractivity contribution < 1.29 is 14.3 Å². The van der Waals surface area contributed by atoms with Crippen LogP contribution in [0.3, 0.4) is 0 Å². The third kappa shape index (κ3) is 4.24. The molecule has 0 atom stereocenters. The minimum absolute atomic E-state index is 0.224. The Labute approximate surface area is 174 Å². The Morgan fingerprint density at radius 3 is 2.65 bits per heavy atom. The SMILES string of the molecule is CCN1C(=O)S/C(=C/c2ccc(OCc3ccccc3Cl)c(I)c2)C1=O. The van der Waals surface area contributed by atoms with E-state index < -0.39 is 0 Å². The highest BCUT2D eigenvalue weighted by Gasteiger charge is 2.33. The second-order valence-corrected chi connectivity index (χ2v) is 8.06. The van der Waals surface area contributed by atoms with Gasteiger partial charge in [-0.15, -0.1) is 0 Å². The summed E-state index contributed by atoms with van der Waals surface area (Å²) in [5, 5.41) is 0.448. The summed E-state index contributed by atoms with van der Waals surface area (Å²) in [6.07, 6.45) is 1.74. The Bertz CT molecular complexity index is 900. The van der Waals surface area contributed by atoms with E-state index in [1.54, 1.807) is 13.0 Å². The van der Waals surface area contributed by atoms with Crippen molar-refractivity contribution in [1.29, 1.82) is 0 Å². The molecule has 0 saturated carbocycles. The van der Waals surface area contributed by atoms with Crippen LogP contribution < -0.4 is 4.74 Å². The lowest BCUT2D eigenvalue weighted by Crippen LogP contribution is -2.27. The van der Waals surface area contributed by atoms with E-state index in [1.165, 1.54) is 4.90 Å². The van der Waals surface area contributed by atoms with E-state index in [4.69, 9.17) is 16.3 Å². The molecule has 2 amide bonds. The van der Waals surface area contributed by atoms with Crippen LogP contribution in [0.4, 0.5) is 4.79 Å². The summed E-state index contributed by atoms with van der Waals surface area (Å²) < 4.78 is 6.77. The molecule has 26 heavy (non-hydrogen) atoms. The smallest absolute Gasteiger partial charge is 0.293 e. The zero-order valence-corrected chi connectivity index (χ0v) is 17.6. The summed E-state index contributed by atoms with van der Waals surface area (Å²) in [6.45, 7) is 2.55. The topological polar surface area (TPSA) is 46.6 Å². The molecule has 3 rings (SSSR count). The second-order valence-electron chi connectivity index (χ2n) is 5.50. The fourth-order valence-corrected chi connectivity index (χ4v) is 4.21. The lowest BCUT2D eigenvalue weighted by molar-refractivity contribution is -0.122. The Morgan fingerprint density at radius 1 is 1.23 bits per heavy atom. The molecule has 0 bridgehead atoms. The Kier molecular flexibility index (Phi) is 6.26. The molecule has 7 heteroatoms. The summed E-state index contributed by atoms with van der Waals surface area (Å²) in [5.74, 6) is 0.501. The fourth-order valence-electron chi connectivity index (χ4n) is 2.42. The van der Waals surface area contributed by atoms with Crippen molar-refractivity contribution in [3.63, 3.8) is 0 Å². The number of benzene rings is 2. The van der Waals surface area contributed by atoms with Gasteiger partial charge in [-0.2, -0.15) is 0 Å². The molecule has 0 aromatic heterocycles. The Hall–Kier alpha value is -1.51. The highest BCUT2D eigenvalue weighted by atomic mass is 127. The van der Waals surface area contributed by atoms with Gasteiger partial charge in [0.05, 0.1) is 8.48 Å². The van der Waals surface area contributed by atoms with Gasteiger partial charge in [0.25, 0.3) is 11.1 Å². The molecular formula is C19H15ClINO3S. The third-order valence-corrected chi connectivity index (χ3v) is 5.90. The minimum atomic E-state index is -0.239. The quantitative estimate of drug-likeness (QED) is 0.398. The minimum Gasteiger partial charge on any atom is -0.488 e. The lowest BCUT2D eigenvalue weighted by Gasteiger charge is -2.10. The van der Waals surface area contributed by atoms with Gasteiger partial charge in [-0.3, -0.25) is 14.5 Å². The highest BCUT2D eigenvalue weighted by Crippen LogP contribution is 2.33. The number of hydrogen-bond acceptors (Lipinski definition) is 4. The van der Waals surface area contributed by atoms with E-state index >= 15 is 0 Å². The van der Waals surface area contributed by atoms with Gasteiger partial charge in [-0.1, -0.05) is 35.9 Å². The molecule has 1 aliphatic rings. The van der Waals surface area contributed by atoms with Crippen molar-refractivity contribution in [2.24, 2.45) is 0 Å². The van der Waals surface area contributed by atoms with Crippen molar-refractivity contribution in [2.75, 3.05) is 6.54 Å². The van der Waals surface area contributed by atoms with Crippen LogP contribution >= 0.6 is 46.0 Å². The zero-order chi connectivity index (χ0) is 18.7. The third-order valence-electron chi connectivity index (χ3n) is 3.78. The molecule has 1 heterocycles. The van der Waals surface area contributed by atoms with Gasteiger partial charge in [0.15, 0.2) is 0 Å². The number of amides is 2. The molecule has 4 nitrogen and oxygen atoms in total. The van der Waals surface area contributed by atoms with Gasteiger partial charge >= 0.3 is 0 Å². The number of halogens is 2. The number of likely N-dealkylation sites (N-methyl/N-ethyl adjacent to an activating group) is 1. The molecule has 0 aliphatic carbocycles. The van der Waals surface area contributed by atoms with Crippen LogP contribution in [0.15, 0.2) is 47.4 Å². The highest BCUT2D eigenvalue weighted by molar-refractivity contribution is 14.1. The first-order chi connectivity index (χ1) is 12.5. The van der Waals surface area contributed by atoms with Gasteiger partial charge in [-0.05, 0) is 71.1 Å². The largest absolute Gasteiger partial charge is 0.488 e. The van der Waals surface area contributed by atoms with E-state index in [2.05, 4.69) is 22.6 Å². The standard InChI is InChI=1S/C19H15ClINO3S/c1-2-22-18(23)17(26-19(22)24)10-12-7-8-16(15(21)9-12)25-11-13-5-3-4-6-14(13)20/h3-10H,2,11H2,1H3/b17-10+. The molecule has 0 spiro atoms. The maximum absolute atomic E-state index is 12.2. The van der Waals surface area contributed by atoms with Crippen molar-refractivity contribution in [3.05, 3.63) is 67.1 Å². The second kappa shape index (κ2) is 8.45. The number of rotatable bonds is 5. The van der Waals surface area contributed by atoms with Gasteiger partial charge < -0.3 is 4.74 Å². The molecule has 0 radical (unpaired) electrons. The fraction of sp³-hybridized carbons (Fsp3) is 0.158. The number of thioether (sulfide) groups is 1. The summed E-state index contributed by atoms with van der Waals surface area (Å²) in [4.78, 5) is 25.6. The first kappa shape index (κ1) is 19.3. The average Bonchev–Trinajstić information content (AvgIpc) is 2.88. The van der Waals surface area contributed by atoms with Gasteiger partial charge in [0, 0.05) is 17.1 Å². The molecular weight excluding hydrogens is 485 g/mol. The summed E-state index contributed by atoms with van der Waals surface area (Å²) >= 11 is 9.30. The number of ether oxygens (including phenoxy) is 1. The van der Waals surface area contributed by atoms with Crippen molar-refractivity contribution in [3.8, 4) is 5.75 Å². The monoisotopic (exact) mass is 499 g/mol. The van der Waals surface area contributed by atoms with Gasteiger partial charge in [0.2, 0.25) is 0 Å². The predicted octanol–water partition coefficient (Wildman–Crippen LogP) is 5.58.